The van der Waals surface area contributed by atoms with Crippen LogP contribution in [0.1, 0.15) is 17.2 Å². The first-order valence-electron chi connectivity index (χ1n) is 8.76. The van der Waals surface area contributed by atoms with Crippen LogP contribution < -0.4 is 10.6 Å². The van der Waals surface area contributed by atoms with Crippen LogP contribution in [0.5, 0.6) is 0 Å². The van der Waals surface area contributed by atoms with Crippen LogP contribution >= 0.6 is 11.6 Å². The average molecular weight is 383 g/mol. The van der Waals surface area contributed by atoms with Gasteiger partial charge in [-0.05, 0) is 35.4 Å². The molecule has 2 aromatic carbocycles. The number of halogens is 1. The summed E-state index contributed by atoms with van der Waals surface area (Å²) >= 11 is 6.08. The van der Waals surface area contributed by atoms with Crippen molar-refractivity contribution in [2.75, 3.05) is 20.7 Å². The van der Waals surface area contributed by atoms with Gasteiger partial charge in [-0.3, -0.25) is 9.98 Å². The third kappa shape index (κ3) is 4.96. The van der Waals surface area contributed by atoms with E-state index in [-0.39, 0.29) is 6.10 Å². The van der Waals surface area contributed by atoms with Gasteiger partial charge < -0.3 is 15.4 Å². The SMILES string of the molecule is CN=C(NCc1ccnc2ccccc12)NCC(OC)c1cccc(Cl)c1. The molecular formula is C21H23ClN4O. The van der Waals surface area contributed by atoms with E-state index in [2.05, 4.69) is 26.7 Å². The molecule has 0 fully saturated rings. The summed E-state index contributed by atoms with van der Waals surface area (Å²) in [5.41, 5.74) is 3.18. The third-order valence-electron chi connectivity index (χ3n) is 4.37. The highest BCUT2D eigenvalue weighted by Crippen LogP contribution is 2.20. The Morgan fingerprint density at radius 2 is 2.00 bits per heavy atom. The number of guanidine groups is 1. The lowest BCUT2D eigenvalue weighted by Crippen LogP contribution is -2.39. The number of benzene rings is 2. The molecule has 2 N–H and O–H groups in total. The number of aliphatic imine (C=N–C) groups is 1. The van der Waals surface area contributed by atoms with Gasteiger partial charge >= 0.3 is 0 Å². The van der Waals surface area contributed by atoms with E-state index in [0.29, 0.717) is 24.1 Å². The summed E-state index contributed by atoms with van der Waals surface area (Å²) in [6.07, 6.45) is 1.71. The zero-order valence-corrected chi connectivity index (χ0v) is 16.2. The van der Waals surface area contributed by atoms with Gasteiger partial charge in [0.1, 0.15) is 0 Å². The van der Waals surface area contributed by atoms with Crippen molar-refractivity contribution in [3.63, 3.8) is 0 Å². The van der Waals surface area contributed by atoms with Crippen LogP contribution in [0.4, 0.5) is 0 Å². The van der Waals surface area contributed by atoms with E-state index in [1.54, 1.807) is 14.2 Å². The van der Waals surface area contributed by atoms with Crippen LogP contribution in [-0.4, -0.2) is 31.6 Å². The van der Waals surface area contributed by atoms with Crippen molar-refractivity contribution in [3.05, 3.63) is 76.9 Å². The fourth-order valence-electron chi connectivity index (χ4n) is 2.94. The van der Waals surface area contributed by atoms with Gasteiger partial charge in [-0.2, -0.15) is 0 Å². The highest BCUT2D eigenvalue weighted by Gasteiger charge is 2.12. The molecule has 6 heteroatoms. The van der Waals surface area contributed by atoms with Gasteiger partial charge in [0.2, 0.25) is 0 Å². The monoisotopic (exact) mass is 382 g/mol. The van der Waals surface area contributed by atoms with E-state index in [1.165, 1.54) is 5.56 Å². The second kappa shape index (κ2) is 9.35. The number of rotatable bonds is 6. The Morgan fingerprint density at radius 1 is 1.15 bits per heavy atom. The van der Waals surface area contributed by atoms with Crippen LogP contribution in [-0.2, 0) is 11.3 Å². The molecule has 0 amide bonds. The molecule has 1 atom stereocenters. The van der Waals surface area contributed by atoms with E-state index >= 15 is 0 Å². The number of nitrogens with one attached hydrogen (secondary N) is 2. The molecule has 0 spiro atoms. The van der Waals surface area contributed by atoms with Crippen LogP contribution in [0.15, 0.2) is 65.8 Å². The van der Waals surface area contributed by atoms with Gasteiger partial charge in [0, 0.05) is 43.9 Å². The number of fused-ring (bicyclic) bond motifs is 1. The van der Waals surface area contributed by atoms with E-state index in [9.17, 15) is 0 Å². The minimum Gasteiger partial charge on any atom is -0.375 e. The maximum absolute atomic E-state index is 6.08. The standard InChI is InChI=1S/C21H23ClN4O/c1-23-21(26-14-20(27-2)15-6-5-7-17(22)12-15)25-13-16-10-11-24-19-9-4-3-8-18(16)19/h3-12,20H,13-14H2,1-2H3,(H2,23,25,26). The Hall–Kier alpha value is -2.63. The smallest absolute Gasteiger partial charge is 0.191 e. The number of aromatic nitrogens is 1. The topological polar surface area (TPSA) is 58.5 Å². The highest BCUT2D eigenvalue weighted by atomic mass is 35.5. The molecule has 0 aliphatic carbocycles. The number of ether oxygens (including phenoxy) is 1. The first kappa shape index (κ1) is 19.1. The molecule has 1 unspecified atom stereocenters. The molecule has 1 heterocycles. The van der Waals surface area contributed by atoms with Crippen molar-refractivity contribution >= 4 is 28.5 Å². The highest BCUT2D eigenvalue weighted by molar-refractivity contribution is 6.30. The first-order chi connectivity index (χ1) is 13.2. The fraction of sp³-hybridized carbons (Fsp3) is 0.238. The third-order valence-corrected chi connectivity index (χ3v) is 4.60. The molecule has 0 saturated heterocycles. The fourth-order valence-corrected chi connectivity index (χ4v) is 3.14. The Kier molecular flexibility index (Phi) is 6.63. The minimum absolute atomic E-state index is 0.121. The number of pyridine rings is 1. The molecular weight excluding hydrogens is 360 g/mol. The number of nitrogens with zero attached hydrogens (tertiary/aromatic N) is 2. The van der Waals surface area contributed by atoms with Crippen molar-refractivity contribution in [3.8, 4) is 0 Å². The average Bonchev–Trinajstić information content (AvgIpc) is 2.70. The normalized spacial score (nSPS) is 12.8. The molecule has 27 heavy (non-hydrogen) atoms. The van der Waals surface area contributed by atoms with Crippen LogP contribution in [0, 0.1) is 0 Å². The maximum atomic E-state index is 6.08. The van der Waals surface area contributed by atoms with Crippen molar-refractivity contribution in [2.24, 2.45) is 4.99 Å². The Labute approximate surface area is 164 Å². The van der Waals surface area contributed by atoms with Gasteiger partial charge in [-0.15, -0.1) is 0 Å². The lowest BCUT2D eigenvalue weighted by molar-refractivity contribution is 0.106. The van der Waals surface area contributed by atoms with Crippen molar-refractivity contribution in [2.45, 2.75) is 12.6 Å². The number of hydrogen-bond donors (Lipinski definition) is 2. The molecule has 5 nitrogen and oxygen atoms in total. The first-order valence-corrected chi connectivity index (χ1v) is 9.14. The van der Waals surface area contributed by atoms with Crippen LogP contribution in [0.3, 0.4) is 0 Å². The van der Waals surface area contributed by atoms with E-state index < -0.39 is 0 Å². The van der Waals surface area contributed by atoms with E-state index in [4.69, 9.17) is 16.3 Å². The second-order valence-electron chi connectivity index (χ2n) is 6.07. The summed E-state index contributed by atoms with van der Waals surface area (Å²) < 4.78 is 5.59. The van der Waals surface area contributed by atoms with E-state index in [1.807, 2.05) is 54.7 Å². The van der Waals surface area contributed by atoms with Crippen LogP contribution in [0.25, 0.3) is 10.9 Å². The molecule has 0 aliphatic rings. The van der Waals surface area contributed by atoms with Gasteiger partial charge in [-0.1, -0.05) is 41.9 Å². The molecule has 0 saturated carbocycles. The summed E-state index contributed by atoms with van der Waals surface area (Å²) in [6.45, 7) is 1.23. The molecule has 0 bridgehead atoms. The second-order valence-corrected chi connectivity index (χ2v) is 6.51. The molecule has 0 aliphatic heterocycles. The molecule has 3 rings (SSSR count). The lowest BCUT2D eigenvalue weighted by Gasteiger charge is -2.19. The summed E-state index contributed by atoms with van der Waals surface area (Å²) in [6, 6.07) is 17.8. The van der Waals surface area contributed by atoms with Gasteiger partial charge in [-0.25, -0.2) is 0 Å². The van der Waals surface area contributed by atoms with Crippen LogP contribution in [0.2, 0.25) is 5.02 Å². The molecule has 3 aromatic rings. The summed E-state index contributed by atoms with van der Waals surface area (Å²) in [5.74, 6) is 0.708. The largest absolute Gasteiger partial charge is 0.375 e. The van der Waals surface area contributed by atoms with Gasteiger partial charge in [0.15, 0.2) is 5.96 Å². The minimum atomic E-state index is -0.121. The zero-order valence-electron chi connectivity index (χ0n) is 15.4. The number of para-hydroxylation sites is 1. The summed E-state index contributed by atoms with van der Waals surface area (Å²) in [5, 5.41) is 8.49. The number of methoxy groups -OCH3 is 1. The van der Waals surface area contributed by atoms with Gasteiger partial charge in [0.05, 0.1) is 11.6 Å². The quantitative estimate of drug-likeness (QED) is 0.500. The summed E-state index contributed by atoms with van der Waals surface area (Å²) in [7, 11) is 3.44. The lowest BCUT2D eigenvalue weighted by atomic mass is 10.1. The van der Waals surface area contributed by atoms with Crippen molar-refractivity contribution < 1.29 is 4.74 Å². The Balaban J connectivity index is 1.62. The maximum Gasteiger partial charge on any atom is 0.191 e. The van der Waals surface area contributed by atoms with Crippen molar-refractivity contribution in [1.82, 2.24) is 15.6 Å². The zero-order chi connectivity index (χ0) is 19.1. The molecule has 140 valence electrons. The molecule has 0 radical (unpaired) electrons. The van der Waals surface area contributed by atoms with Gasteiger partial charge in [0.25, 0.3) is 0 Å². The number of hydrogen-bond acceptors (Lipinski definition) is 3. The molecule has 1 aromatic heterocycles. The van der Waals surface area contributed by atoms with Crippen molar-refractivity contribution in [1.29, 1.82) is 0 Å². The predicted molar refractivity (Wildman–Crippen MR) is 111 cm³/mol. The Morgan fingerprint density at radius 3 is 2.78 bits per heavy atom. The predicted octanol–water partition coefficient (Wildman–Crippen LogP) is 3.94. The summed E-state index contributed by atoms with van der Waals surface area (Å²) in [4.78, 5) is 8.70. The van der Waals surface area contributed by atoms with E-state index in [0.717, 1.165) is 16.5 Å². The Bertz CT molecular complexity index is 923.